The molecule has 1 aliphatic heterocycles. The largest absolute Gasteiger partial charge is 0.507 e. The van der Waals surface area contributed by atoms with Crippen molar-refractivity contribution in [1.82, 2.24) is 14.9 Å². The van der Waals surface area contributed by atoms with Gasteiger partial charge in [0.15, 0.2) is 0 Å². The van der Waals surface area contributed by atoms with Gasteiger partial charge >= 0.3 is 0 Å². The lowest BCUT2D eigenvalue weighted by atomic mass is 9.91. The summed E-state index contributed by atoms with van der Waals surface area (Å²) in [5.41, 5.74) is 15.1. The van der Waals surface area contributed by atoms with Gasteiger partial charge in [-0.25, -0.2) is 4.98 Å². The maximum Gasteiger partial charge on any atom is 0.257 e. The van der Waals surface area contributed by atoms with Crippen LogP contribution in [0.1, 0.15) is 57.5 Å². The first-order valence-electron chi connectivity index (χ1n) is 12.5. The SMILES string of the molecule is NC(=O)c1cnc(NC2CCCCC2N)nc1Nc1ccc2c(c1)CN(C(=O)c1ccccc1O)CC2. The van der Waals surface area contributed by atoms with E-state index in [1.54, 1.807) is 23.1 Å². The Balaban J connectivity index is 1.36. The normalized spacial score (nSPS) is 19.1. The summed E-state index contributed by atoms with van der Waals surface area (Å²) in [6.07, 6.45) is 6.20. The number of carbonyl (C=O) groups is 2. The molecule has 5 rings (SSSR count). The van der Waals surface area contributed by atoms with Gasteiger partial charge in [-0.15, -0.1) is 0 Å². The zero-order chi connectivity index (χ0) is 25.9. The molecule has 2 aromatic carbocycles. The van der Waals surface area contributed by atoms with E-state index in [0.717, 1.165) is 36.8 Å². The number of rotatable bonds is 6. The number of phenolic OH excluding ortho intramolecular Hbond substituents is 1. The first-order chi connectivity index (χ1) is 17.9. The van der Waals surface area contributed by atoms with Gasteiger partial charge in [-0.3, -0.25) is 9.59 Å². The molecule has 1 aromatic heterocycles. The zero-order valence-corrected chi connectivity index (χ0v) is 20.5. The summed E-state index contributed by atoms with van der Waals surface area (Å²) in [7, 11) is 0. The Morgan fingerprint density at radius 1 is 1.05 bits per heavy atom. The predicted molar refractivity (Wildman–Crippen MR) is 141 cm³/mol. The highest BCUT2D eigenvalue weighted by Crippen LogP contribution is 2.28. The van der Waals surface area contributed by atoms with Crippen molar-refractivity contribution >= 4 is 29.3 Å². The highest BCUT2D eigenvalue weighted by Gasteiger charge is 2.25. The monoisotopic (exact) mass is 501 g/mol. The Labute approximate surface area is 215 Å². The summed E-state index contributed by atoms with van der Waals surface area (Å²) >= 11 is 0. The molecule has 192 valence electrons. The molecular formula is C27H31N7O3. The molecular weight excluding hydrogens is 470 g/mol. The van der Waals surface area contributed by atoms with Crippen LogP contribution in [0.3, 0.4) is 0 Å². The number of aromatic hydroxyl groups is 1. The molecule has 2 amide bonds. The number of hydrogen-bond acceptors (Lipinski definition) is 8. The van der Waals surface area contributed by atoms with Crippen LogP contribution in [-0.4, -0.2) is 50.4 Å². The van der Waals surface area contributed by atoms with Crippen molar-refractivity contribution in [2.75, 3.05) is 17.2 Å². The van der Waals surface area contributed by atoms with E-state index >= 15 is 0 Å². The number of nitrogens with zero attached hydrogens (tertiary/aromatic N) is 3. The number of carbonyl (C=O) groups excluding carboxylic acids is 2. The van der Waals surface area contributed by atoms with E-state index in [4.69, 9.17) is 11.5 Å². The van der Waals surface area contributed by atoms with Crippen LogP contribution in [0.15, 0.2) is 48.7 Å². The molecule has 2 unspecified atom stereocenters. The number of anilines is 3. The minimum absolute atomic E-state index is 0.0219. The Morgan fingerprint density at radius 3 is 2.65 bits per heavy atom. The van der Waals surface area contributed by atoms with E-state index in [-0.39, 0.29) is 34.9 Å². The number of nitrogens with one attached hydrogen (secondary N) is 2. The van der Waals surface area contributed by atoms with Gasteiger partial charge in [-0.1, -0.05) is 31.0 Å². The number of benzene rings is 2. The molecule has 37 heavy (non-hydrogen) atoms. The standard InChI is InChI=1S/C27H31N7O3/c28-21-6-2-3-7-22(21)32-27-30-14-20(24(29)36)25(33-27)31-18-10-9-16-11-12-34(15-17(16)13-18)26(37)19-5-1-4-8-23(19)35/h1,4-5,8-10,13-14,21-22,35H,2-3,6-7,11-12,15,28H2,(H2,29,36)(H2,30,31,32,33). The molecule has 10 nitrogen and oxygen atoms in total. The summed E-state index contributed by atoms with van der Waals surface area (Å²) < 4.78 is 0. The molecule has 1 fully saturated rings. The third-order valence-corrected chi connectivity index (χ3v) is 7.09. The molecule has 1 aliphatic carbocycles. The molecule has 0 bridgehead atoms. The van der Waals surface area contributed by atoms with E-state index in [2.05, 4.69) is 20.6 Å². The van der Waals surface area contributed by atoms with Crippen LogP contribution < -0.4 is 22.1 Å². The summed E-state index contributed by atoms with van der Waals surface area (Å²) in [4.78, 5) is 35.6. The molecule has 7 N–H and O–H groups in total. The van der Waals surface area contributed by atoms with Crippen LogP contribution >= 0.6 is 0 Å². The first kappa shape index (κ1) is 24.5. The number of aromatic nitrogens is 2. The predicted octanol–water partition coefficient (Wildman–Crippen LogP) is 2.91. The summed E-state index contributed by atoms with van der Waals surface area (Å²) in [6.45, 7) is 0.958. The van der Waals surface area contributed by atoms with Crippen LogP contribution in [0.4, 0.5) is 17.5 Å². The van der Waals surface area contributed by atoms with Gasteiger partial charge in [0.05, 0.1) is 5.56 Å². The fourth-order valence-electron chi connectivity index (χ4n) is 5.00. The molecule has 3 aromatic rings. The lowest BCUT2D eigenvalue weighted by Crippen LogP contribution is -2.43. The van der Waals surface area contributed by atoms with E-state index < -0.39 is 5.91 Å². The number of nitrogens with two attached hydrogens (primary N) is 2. The second kappa shape index (κ2) is 10.4. The number of primary amides is 1. The smallest absolute Gasteiger partial charge is 0.257 e. The van der Waals surface area contributed by atoms with E-state index in [1.165, 1.54) is 12.3 Å². The van der Waals surface area contributed by atoms with Gasteiger partial charge < -0.3 is 32.1 Å². The second-order valence-corrected chi connectivity index (χ2v) is 9.62. The van der Waals surface area contributed by atoms with Gasteiger partial charge in [0.1, 0.15) is 17.1 Å². The van der Waals surface area contributed by atoms with Crippen molar-refractivity contribution in [3.05, 3.63) is 70.9 Å². The minimum atomic E-state index is -0.638. The Morgan fingerprint density at radius 2 is 1.86 bits per heavy atom. The second-order valence-electron chi connectivity index (χ2n) is 9.62. The van der Waals surface area contributed by atoms with Gasteiger partial charge in [0, 0.05) is 37.1 Å². The highest BCUT2D eigenvalue weighted by molar-refractivity contribution is 5.98. The maximum absolute atomic E-state index is 13.0. The third kappa shape index (κ3) is 5.34. The van der Waals surface area contributed by atoms with Crippen LogP contribution in [0.5, 0.6) is 5.75 Å². The van der Waals surface area contributed by atoms with Crippen LogP contribution in [0.25, 0.3) is 0 Å². The third-order valence-electron chi connectivity index (χ3n) is 7.09. The maximum atomic E-state index is 13.0. The summed E-state index contributed by atoms with van der Waals surface area (Å²) in [5, 5.41) is 16.6. The van der Waals surface area contributed by atoms with Crippen molar-refractivity contribution in [2.45, 2.75) is 50.7 Å². The number of fused-ring (bicyclic) bond motifs is 1. The molecule has 0 spiro atoms. The van der Waals surface area contributed by atoms with E-state index in [9.17, 15) is 14.7 Å². The fraction of sp³-hybridized carbons (Fsp3) is 0.333. The van der Waals surface area contributed by atoms with Crippen molar-refractivity contribution in [3.8, 4) is 5.75 Å². The quantitative estimate of drug-likeness (QED) is 0.345. The average Bonchev–Trinajstić information content (AvgIpc) is 2.89. The molecule has 10 heteroatoms. The topological polar surface area (TPSA) is 159 Å². The van der Waals surface area contributed by atoms with Crippen molar-refractivity contribution in [2.24, 2.45) is 11.5 Å². The van der Waals surface area contributed by atoms with Gasteiger partial charge in [0.25, 0.3) is 11.8 Å². The van der Waals surface area contributed by atoms with E-state index in [0.29, 0.717) is 37.0 Å². The summed E-state index contributed by atoms with van der Waals surface area (Å²) in [5.74, 6) is -0.207. The van der Waals surface area contributed by atoms with Crippen LogP contribution in [-0.2, 0) is 13.0 Å². The Kier molecular flexibility index (Phi) is 6.91. The van der Waals surface area contributed by atoms with Crippen LogP contribution in [0.2, 0.25) is 0 Å². The van der Waals surface area contributed by atoms with E-state index in [1.807, 2.05) is 18.2 Å². The number of amides is 2. The first-order valence-corrected chi connectivity index (χ1v) is 12.5. The van der Waals surface area contributed by atoms with Gasteiger partial charge in [-0.05, 0) is 54.7 Å². The minimum Gasteiger partial charge on any atom is -0.507 e. The van der Waals surface area contributed by atoms with Crippen molar-refractivity contribution in [3.63, 3.8) is 0 Å². The lowest BCUT2D eigenvalue weighted by Gasteiger charge is -2.30. The van der Waals surface area contributed by atoms with Gasteiger partial charge in [0.2, 0.25) is 5.95 Å². The zero-order valence-electron chi connectivity index (χ0n) is 20.5. The molecule has 0 radical (unpaired) electrons. The van der Waals surface area contributed by atoms with Crippen LogP contribution in [0, 0.1) is 0 Å². The fourth-order valence-corrected chi connectivity index (χ4v) is 5.00. The molecule has 1 saturated carbocycles. The molecule has 2 heterocycles. The number of para-hydroxylation sites is 1. The number of hydrogen-bond donors (Lipinski definition) is 5. The lowest BCUT2D eigenvalue weighted by molar-refractivity contribution is 0.0731. The molecule has 2 atom stereocenters. The summed E-state index contributed by atoms with van der Waals surface area (Å²) in [6, 6.07) is 12.5. The van der Waals surface area contributed by atoms with Gasteiger partial charge in [-0.2, -0.15) is 4.98 Å². The molecule has 2 aliphatic rings. The number of phenols is 1. The Hall–Kier alpha value is -4.18. The Bertz CT molecular complexity index is 1330. The van der Waals surface area contributed by atoms with Crippen molar-refractivity contribution < 1.29 is 14.7 Å². The molecule has 0 saturated heterocycles. The van der Waals surface area contributed by atoms with Crippen molar-refractivity contribution in [1.29, 1.82) is 0 Å². The average molecular weight is 502 g/mol. The highest BCUT2D eigenvalue weighted by atomic mass is 16.3.